The van der Waals surface area contributed by atoms with Crippen LogP contribution < -0.4 is 14.8 Å². The molecule has 9 heteroatoms. The first kappa shape index (κ1) is 25.1. The summed E-state index contributed by atoms with van der Waals surface area (Å²) in [7, 11) is 3.09. The largest absolute Gasteiger partial charge is 0.497 e. The van der Waals surface area contributed by atoms with Crippen LogP contribution in [-0.2, 0) is 14.3 Å². The van der Waals surface area contributed by atoms with E-state index in [-0.39, 0.29) is 24.3 Å². The van der Waals surface area contributed by atoms with Gasteiger partial charge in [-0.1, -0.05) is 29.5 Å². The highest BCUT2D eigenvalue weighted by Gasteiger charge is 2.40. The fourth-order valence-electron chi connectivity index (χ4n) is 4.19. The van der Waals surface area contributed by atoms with Gasteiger partial charge >= 0.3 is 0 Å². The summed E-state index contributed by atoms with van der Waals surface area (Å²) < 4.78 is 16.4. The summed E-state index contributed by atoms with van der Waals surface area (Å²) >= 11 is 1.33. The van der Waals surface area contributed by atoms with Gasteiger partial charge in [-0.05, 0) is 50.5 Å². The third kappa shape index (κ3) is 5.97. The first-order chi connectivity index (χ1) is 16.9. The lowest BCUT2D eigenvalue weighted by molar-refractivity contribution is -0.129. The van der Waals surface area contributed by atoms with E-state index in [1.165, 1.54) is 18.9 Å². The van der Waals surface area contributed by atoms with Crippen molar-refractivity contribution in [1.82, 2.24) is 4.90 Å². The number of amides is 2. The molecule has 2 aliphatic rings. The number of aryl methyl sites for hydroxylation is 2. The van der Waals surface area contributed by atoms with Crippen LogP contribution in [0.1, 0.15) is 30.4 Å². The second-order valence-electron chi connectivity index (χ2n) is 8.69. The van der Waals surface area contributed by atoms with Gasteiger partial charge < -0.3 is 19.5 Å². The minimum absolute atomic E-state index is 0.0139. The average Bonchev–Trinajstić information content (AvgIpc) is 3.45. The lowest BCUT2D eigenvalue weighted by Crippen LogP contribution is -2.38. The van der Waals surface area contributed by atoms with Gasteiger partial charge in [-0.15, -0.1) is 0 Å². The van der Waals surface area contributed by atoms with Crippen molar-refractivity contribution in [1.29, 1.82) is 0 Å². The number of carbonyl (C=O) groups excluding carboxylic acids is 2. The molecule has 35 heavy (non-hydrogen) atoms. The first-order valence-electron chi connectivity index (χ1n) is 11.7. The van der Waals surface area contributed by atoms with Crippen molar-refractivity contribution in [3.05, 3.63) is 47.5 Å². The van der Waals surface area contributed by atoms with Gasteiger partial charge in [0, 0.05) is 19.1 Å². The number of benzene rings is 2. The van der Waals surface area contributed by atoms with Crippen LogP contribution in [-0.4, -0.2) is 60.6 Å². The van der Waals surface area contributed by atoms with Crippen LogP contribution in [0.15, 0.2) is 41.4 Å². The van der Waals surface area contributed by atoms with Gasteiger partial charge in [0.05, 0.1) is 38.2 Å². The van der Waals surface area contributed by atoms with Gasteiger partial charge in [0.1, 0.15) is 16.7 Å². The Morgan fingerprint density at radius 2 is 2.03 bits per heavy atom. The van der Waals surface area contributed by atoms with Crippen LogP contribution in [0.2, 0.25) is 0 Å². The molecule has 1 N–H and O–H groups in total. The molecule has 0 unspecified atom stereocenters. The zero-order valence-electron chi connectivity index (χ0n) is 20.5. The number of methoxy groups -OCH3 is 2. The molecular weight excluding hydrogens is 466 g/mol. The molecule has 8 nitrogen and oxygen atoms in total. The number of carbonyl (C=O) groups is 2. The minimum Gasteiger partial charge on any atom is -0.497 e. The van der Waals surface area contributed by atoms with E-state index in [0.29, 0.717) is 35.5 Å². The van der Waals surface area contributed by atoms with Crippen molar-refractivity contribution in [2.75, 3.05) is 32.7 Å². The van der Waals surface area contributed by atoms with Crippen molar-refractivity contribution >= 4 is 40.1 Å². The summed E-state index contributed by atoms with van der Waals surface area (Å²) in [4.78, 5) is 32.8. The number of hydrogen-bond acceptors (Lipinski definition) is 7. The monoisotopic (exact) mass is 497 g/mol. The molecule has 2 saturated heterocycles. The molecule has 0 saturated carbocycles. The first-order valence-corrected chi connectivity index (χ1v) is 12.5. The Bertz CT molecular complexity index is 1130. The molecule has 2 heterocycles. The van der Waals surface area contributed by atoms with E-state index >= 15 is 0 Å². The van der Waals surface area contributed by atoms with Gasteiger partial charge in [-0.3, -0.25) is 14.5 Å². The fourth-order valence-corrected chi connectivity index (χ4v) is 5.35. The standard InChI is InChI=1S/C26H31N3O5S/c1-16-7-9-20(17(2)12-16)28-26-29(15-19-6-5-11-34-19)25(31)23(35-26)14-24(30)27-21-10-8-18(32-3)13-22(21)33-4/h7-10,12-13,19,23H,5-6,11,14-15H2,1-4H3,(H,27,30)/t19-,23+/m0/s1. The number of anilines is 1. The Morgan fingerprint density at radius 3 is 2.71 bits per heavy atom. The highest BCUT2D eigenvalue weighted by molar-refractivity contribution is 8.15. The number of amidine groups is 1. The molecule has 2 aliphatic heterocycles. The maximum atomic E-state index is 13.4. The number of nitrogens with one attached hydrogen (secondary N) is 1. The average molecular weight is 498 g/mol. The maximum absolute atomic E-state index is 13.4. The quantitative estimate of drug-likeness (QED) is 0.579. The van der Waals surface area contributed by atoms with Crippen molar-refractivity contribution in [2.24, 2.45) is 4.99 Å². The fraction of sp³-hybridized carbons (Fsp3) is 0.423. The summed E-state index contributed by atoms with van der Waals surface area (Å²) in [5.41, 5.74) is 3.53. The molecule has 2 aromatic rings. The Balaban J connectivity index is 1.52. The van der Waals surface area contributed by atoms with E-state index in [1.54, 1.807) is 30.2 Å². The summed E-state index contributed by atoms with van der Waals surface area (Å²) in [6.07, 6.45) is 1.90. The Hall–Kier alpha value is -3.04. The second kappa shape index (κ2) is 11.1. The molecule has 0 aromatic heterocycles. The topological polar surface area (TPSA) is 89.5 Å². The third-order valence-electron chi connectivity index (χ3n) is 6.05. The van der Waals surface area contributed by atoms with Gasteiger partial charge in [0.25, 0.3) is 0 Å². The summed E-state index contributed by atoms with van der Waals surface area (Å²) in [5.74, 6) is 0.716. The summed E-state index contributed by atoms with van der Waals surface area (Å²) in [6, 6.07) is 11.2. The van der Waals surface area contributed by atoms with Crippen LogP contribution >= 0.6 is 11.8 Å². The minimum atomic E-state index is -0.565. The number of nitrogens with zero attached hydrogens (tertiary/aromatic N) is 2. The van der Waals surface area contributed by atoms with Gasteiger partial charge in [0.15, 0.2) is 5.17 Å². The van der Waals surface area contributed by atoms with Crippen LogP contribution in [0, 0.1) is 13.8 Å². The number of rotatable bonds is 8. The summed E-state index contributed by atoms with van der Waals surface area (Å²) in [5, 5.41) is 2.90. The van der Waals surface area contributed by atoms with E-state index < -0.39 is 5.25 Å². The van der Waals surface area contributed by atoms with Gasteiger partial charge in [0.2, 0.25) is 11.8 Å². The Labute approximate surface area is 210 Å². The molecule has 2 atom stereocenters. The predicted octanol–water partition coefficient (Wildman–Crippen LogP) is 4.46. The molecule has 0 aliphatic carbocycles. The highest BCUT2D eigenvalue weighted by Crippen LogP contribution is 2.35. The third-order valence-corrected chi connectivity index (χ3v) is 7.23. The van der Waals surface area contributed by atoms with Crippen molar-refractivity contribution in [3.63, 3.8) is 0 Å². The number of aliphatic imine (C=N–C) groups is 1. The molecular formula is C26H31N3O5S. The van der Waals surface area contributed by atoms with Gasteiger partial charge in [-0.25, -0.2) is 4.99 Å². The van der Waals surface area contributed by atoms with Crippen LogP contribution in [0.4, 0.5) is 11.4 Å². The van der Waals surface area contributed by atoms with Crippen molar-refractivity contribution in [3.8, 4) is 11.5 Å². The molecule has 4 rings (SSSR count). The van der Waals surface area contributed by atoms with E-state index in [1.807, 2.05) is 26.0 Å². The molecule has 2 aromatic carbocycles. The molecule has 0 spiro atoms. The predicted molar refractivity (Wildman–Crippen MR) is 138 cm³/mol. The zero-order chi connectivity index (χ0) is 24.9. The van der Waals surface area contributed by atoms with Crippen LogP contribution in [0.5, 0.6) is 11.5 Å². The van der Waals surface area contributed by atoms with E-state index in [4.69, 9.17) is 19.2 Å². The maximum Gasteiger partial charge on any atom is 0.242 e. The molecule has 0 radical (unpaired) electrons. The Kier molecular flexibility index (Phi) is 7.97. The SMILES string of the molecule is COc1ccc(NC(=O)C[C@H]2SC(=Nc3ccc(C)cc3C)N(C[C@@H]3CCCO3)C2=O)c(OC)c1. The highest BCUT2D eigenvalue weighted by atomic mass is 32.2. The van der Waals surface area contributed by atoms with Crippen LogP contribution in [0.3, 0.4) is 0 Å². The number of hydrogen-bond donors (Lipinski definition) is 1. The normalized spacial score (nSPS) is 21.0. The van der Waals surface area contributed by atoms with E-state index in [0.717, 1.165) is 29.7 Å². The number of thioether (sulfide) groups is 1. The number of ether oxygens (including phenoxy) is 3. The molecule has 0 bridgehead atoms. The van der Waals surface area contributed by atoms with Crippen molar-refractivity contribution < 1.29 is 23.8 Å². The second-order valence-corrected chi connectivity index (χ2v) is 9.86. The molecule has 2 amide bonds. The zero-order valence-corrected chi connectivity index (χ0v) is 21.3. The lowest BCUT2D eigenvalue weighted by atomic mass is 10.1. The van der Waals surface area contributed by atoms with E-state index in [9.17, 15) is 9.59 Å². The molecule has 186 valence electrons. The smallest absolute Gasteiger partial charge is 0.242 e. The molecule has 2 fully saturated rings. The van der Waals surface area contributed by atoms with E-state index in [2.05, 4.69) is 11.4 Å². The van der Waals surface area contributed by atoms with Crippen molar-refractivity contribution in [2.45, 2.75) is 44.5 Å². The Morgan fingerprint density at radius 1 is 1.20 bits per heavy atom. The van der Waals surface area contributed by atoms with Crippen LogP contribution in [0.25, 0.3) is 0 Å². The lowest BCUT2D eigenvalue weighted by Gasteiger charge is -2.20. The summed E-state index contributed by atoms with van der Waals surface area (Å²) in [6.45, 7) is 5.19. The van der Waals surface area contributed by atoms with Gasteiger partial charge in [-0.2, -0.15) is 0 Å².